The maximum Gasteiger partial charge on any atom is 0.263 e. The summed E-state index contributed by atoms with van der Waals surface area (Å²) in [6.07, 6.45) is 1.72. The summed E-state index contributed by atoms with van der Waals surface area (Å²) in [4.78, 5) is 36.6. The van der Waals surface area contributed by atoms with Crippen LogP contribution in [0.1, 0.15) is 23.7 Å². The van der Waals surface area contributed by atoms with E-state index >= 15 is 0 Å². The smallest absolute Gasteiger partial charge is 0.263 e. The van der Waals surface area contributed by atoms with E-state index in [1.807, 2.05) is 12.1 Å². The number of fused-ring (bicyclic) bond motifs is 1. The zero-order valence-corrected chi connectivity index (χ0v) is 17.4. The van der Waals surface area contributed by atoms with Crippen molar-refractivity contribution in [2.75, 3.05) is 26.2 Å². The number of carbonyl (C=O) groups is 2. The fourth-order valence-corrected chi connectivity index (χ4v) is 3.74. The molecule has 2 amide bonds. The fraction of sp³-hybridized carbons (Fsp3) is 0.318. The normalized spacial score (nSPS) is 15.7. The number of imidazole rings is 1. The molecule has 0 bridgehead atoms. The second-order valence-electron chi connectivity index (χ2n) is 7.32. The second kappa shape index (κ2) is 8.75. The molecule has 4 rings (SSSR count). The zero-order chi connectivity index (χ0) is 21.1. The number of nitrogens with one attached hydrogen (secondary N) is 1. The van der Waals surface area contributed by atoms with Gasteiger partial charge >= 0.3 is 0 Å². The van der Waals surface area contributed by atoms with Crippen molar-refractivity contribution in [2.24, 2.45) is 0 Å². The fourth-order valence-electron chi connectivity index (χ4n) is 3.62. The SMILES string of the molecule is CC(Oc1ccc(Cl)cc1)C(=O)N1CCCN(C(=O)c2ccc3nc[nH]c3c2)CC1. The Hall–Kier alpha value is -3.06. The molecule has 1 aromatic heterocycles. The number of benzene rings is 2. The number of H-pyrrole nitrogens is 1. The highest BCUT2D eigenvalue weighted by molar-refractivity contribution is 6.30. The summed E-state index contributed by atoms with van der Waals surface area (Å²) in [6.45, 7) is 3.90. The van der Waals surface area contributed by atoms with Crippen LogP contribution < -0.4 is 4.74 Å². The molecule has 1 saturated heterocycles. The number of rotatable bonds is 4. The largest absolute Gasteiger partial charge is 0.481 e. The Balaban J connectivity index is 1.37. The molecule has 8 heteroatoms. The predicted molar refractivity (Wildman–Crippen MR) is 115 cm³/mol. The van der Waals surface area contributed by atoms with Gasteiger partial charge in [0.2, 0.25) is 0 Å². The van der Waals surface area contributed by atoms with Gasteiger partial charge in [0.1, 0.15) is 5.75 Å². The average Bonchev–Trinajstić information content (AvgIpc) is 3.09. The molecule has 1 aliphatic rings. The number of nitrogens with zero attached hydrogens (tertiary/aromatic N) is 3. The molecule has 0 aliphatic carbocycles. The van der Waals surface area contributed by atoms with Gasteiger partial charge in [0.05, 0.1) is 17.4 Å². The first-order valence-electron chi connectivity index (χ1n) is 9.95. The Kier molecular flexibility index (Phi) is 5.90. The number of hydrogen-bond donors (Lipinski definition) is 1. The zero-order valence-electron chi connectivity index (χ0n) is 16.7. The van der Waals surface area contributed by atoms with Gasteiger partial charge in [-0.2, -0.15) is 0 Å². The van der Waals surface area contributed by atoms with E-state index in [0.29, 0.717) is 42.5 Å². The summed E-state index contributed by atoms with van der Waals surface area (Å²) in [7, 11) is 0. The van der Waals surface area contributed by atoms with Gasteiger partial charge in [-0.3, -0.25) is 9.59 Å². The van der Waals surface area contributed by atoms with E-state index in [0.717, 1.165) is 17.5 Å². The molecule has 1 aliphatic heterocycles. The van der Waals surface area contributed by atoms with Crippen molar-refractivity contribution < 1.29 is 14.3 Å². The third kappa shape index (κ3) is 4.41. The van der Waals surface area contributed by atoms with Crippen LogP contribution in [-0.4, -0.2) is 63.9 Å². The van der Waals surface area contributed by atoms with E-state index in [-0.39, 0.29) is 11.8 Å². The van der Waals surface area contributed by atoms with Crippen molar-refractivity contribution >= 4 is 34.4 Å². The minimum absolute atomic E-state index is 0.0359. The number of hydrogen-bond acceptors (Lipinski definition) is 4. The van der Waals surface area contributed by atoms with E-state index in [9.17, 15) is 9.59 Å². The molecule has 1 fully saturated rings. The molecule has 0 spiro atoms. The minimum atomic E-state index is -0.615. The standard InChI is InChI=1S/C22H23ClN4O3/c1-15(30-18-6-4-17(23)5-7-18)21(28)26-9-2-10-27(12-11-26)22(29)16-3-8-19-20(13-16)25-14-24-19/h3-8,13-15H,2,9-12H2,1H3,(H,24,25). The van der Waals surface area contributed by atoms with E-state index in [1.165, 1.54) is 0 Å². The first-order chi connectivity index (χ1) is 14.5. The third-order valence-corrected chi connectivity index (χ3v) is 5.49. The number of ether oxygens (including phenoxy) is 1. The summed E-state index contributed by atoms with van der Waals surface area (Å²) in [6, 6.07) is 12.4. The molecule has 2 heterocycles. The average molecular weight is 427 g/mol. The van der Waals surface area contributed by atoms with Crippen LogP contribution in [0, 0.1) is 0 Å². The Morgan fingerprint density at radius 1 is 1.07 bits per heavy atom. The molecule has 156 valence electrons. The molecule has 7 nitrogen and oxygen atoms in total. The Labute approximate surface area is 179 Å². The lowest BCUT2D eigenvalue weighted by Gasteiger charge is -2.25. The lowest BCUT2D eigenvalue weighted by Crippen LogP contribution is -2.43. The van der Waals surface area contributed by atoms with Crippen LogP contribution in [0.5, 0.6) is 5.75 Å². The molecule has 3 aromatic rings. The molecule has 0 saturated carbocycles. The van der Waals surface area contributed by atoms with Crippen LogP contribution in [0.25, 0.3) is 11.0 Å². The van der Waals surface area contributed by atoms with Crippen molar-refractivity contribution in [2.45, 2.75) is 19.4 Å². The van der Waals surface area contributed by atoms with Gasteiger partial charge in [-0.15, -0.1) is 0 Å². The first-order valence-corrected chi connectivity index (χ1v) is 10.3. The lowest BCUT2D eigenvalue weighted by atomic mass is 10.1. The molecule has 2 aromatic carbocycles. The van der Waals surface area contributed by atoms with Gasteiger partial charge < -0.3 is 19.5 Å². The number of aromatic amines is 1. The van der Waals surface area contributed by atoms with Crippen LogP contribution in [0.2, 0.25) is 5.02 Å². The molecule has 30 heavy (non-hydrogen) atoms. The number of aromatic nitrogens is 2. The molecule has 0 radical (unpaired) electrons. The van der Waals surface area contributed by atoms with E-state index in [1.54, 1.807) is 53.4 Å². The second-order valence-corrected chi connectivity index (χ2v) is 7.76. The quantitative estimate of drug-likeness (QED) is 0.693. The Morgan fingerprint density at radius 2 is 1.80 bits per heavy atom. The topological polar surface area (TPSA) is 78.5 Å². The minimum Gasteiger partial charge on any atom is -0.481 e. The number of carbonyl (C=O) groups excluding carboxylic acids is 2. The van der Waals surface area contributed by atoms with Crippen molar-refractivity contribution in [3.8, 4) is 5.75 Å². The van der Waals surface area contributed by atoms with Crippen LogP contribution >= 0.6 is 11.6 Å². The summed E-state index contributed by atoms with van der Waals surface area (Å²) in [5.41, 5.74) is 2.28. The summed E-state index contributed by atoms with van der Waals surface area (Å²) in [5.74, 6) is 0.477. The lowest BCUT2D eigenvalue weighted by molar-refractivity contribution is -0.137. The van der Waals surface area contributed by atoms with E-state index < -0.39 is 6.10 Å². The van der Waals surface area contributed by atoms with Gasteiger partial charge in [0.15, 0.2) is 6.10 Å². The van der Waals surface area contributed by atoms with E-state index in [4.69, 9.17) is 16.3 Å². The Bertz CT molecular complexity index is 1050. The van der Waals surface area contributed by atoms with Gasteiger partial charge in [0, 0.05) is 36.8 Å². The summed E-state index contributed by atoms with van der Waals surface area (Å²) in [5, 5.41) is 0.616. The van der Waals surface area contributed by atoms with E-state index in [2.05, 4.69) is 9.97 Å². The summed E-state index contributed by atoms with van der Waals surface area (Å²) >= 11 is 5.89. The molecule has 1 N–H and O–H groups in total. The number of halogens is 1. The van der Waals surface area contributed by atoms with Gasteiger partial charge in [-0.1, -0.05) is 11.6 Å². The van der Waals surface area contributed by atoms with Crippen molar-refractivity contribution in [3.63, 3.8) is 0 Å². The monoisotopic (exact) mass is 426 g/mol. The maximum absolute atomic E-state index is 12.9. The van der Waals surface area contributed by atoms with Crippen LogP contribution in [-0.2, 0) is 4.79 Å². The van der Waals surface area contributed by atoms with Gasteiger partial charge in [-0.05, 0) is 55.8 Å². The van der Waals surface area contributed by atoms with Crippen molar-refractivity contribution in [1.82, 2.24) is 19.8 Å². The molecule has 1 unspecified atom stereocenters. The number of amides is 2. The highest BCUT2D eigenvalue weighted by Crippen LogP contribution is 2.18. The molecular formula is C22H23ClN4O3. The highest BCUT2D eigenvalue weighted by Gasteiger charge is 2.26. The predicted octanol–water partition coefficient (Wildman–Crippen LogP) is 3.36. The van der Waals surface area contributed by atoms with Crippen LogP contribution in [0.3, 0.4) is 0 Å². The van der Waals surface area contributed by atoms with Gasteiger partial charge in [0.25, 0.3) is 11.8 Å². The Morgan fingerprint density at radius 3 is 2.60 bits per heavy atom. The van der Waals surface area contributed by atoms with Crippen LogP contribution in [0.15, 0.2) is 48.8 Å². The highest BCUT2D eigenvalue weighted by atomic mass is 35.5. The summed E-state index contributed by atoms with van der Waals surface area (Å²) < 4.78 is 5.76. The third-order valence-electron chi connectivity index (χ3n) is 5.24. The maximum atomic E-state index is 12.9. The first kappa shape index (κ1) is 20.2. The van der Waals surface area contributed by atoms with Gasteiger partial charge in [-0.25, -0.2) is 4.98 Å². The van der Waals surface area contributed by atoms with Crippen LogP contribution in [0.4, 0.5) is 0 Å². The van der Waals surface area contributed by atoms with Crippen molar-refractivity contribution in [1.29, 1.82) is 0 Å². The van der Waals surface area contributed by atoms with Crippen molar-refractivity contribution in [3.05, 3.63) is 59.4 Å². The molecular weight excluding hydrogens is 404 g/mol. The molecule has 1 atom stereocenters.